The molecule has 3 heteroatoms. The summed E-state index contributed by atoms with van der Waals surface area (Å²) < 4.78 is 4.79. The van der Waals surface area contributed by atoms with Gasteiger partial charge in [-0.15, -0.1) is 0 Å². The van der Waals surface area contributed by atoms with E-state index < -0.39 is 0 Å². The van der Waals surface area contributed by atoms with Crippen LogP contribution >= 0.6 is 0 Å². The highest BCUT2D eigenvalue weighted by Crippen LogP contribution is 2.35. The summed E-state index contributed by atoms with van der Waals surface area (Å²) in [5, 5.41) is 3.52. The van der Waals surface area contributed by atoms with E-state index >= 15 is 0 Å². The zero-order chi connectivity index (χ0) is 16.6. The minimum Gasteiger partial charge on any atom is -0.465 e. The largest absolute Gasteiger partial charge is 0.465 e. The first-order chi connectivity index (χ1) is 10.9. The van der Waals surface area contributed by atoms with Crippen LogP contribution in [0.25, 0.3) is 0 Å². The molecule has 3 nitrogen and oxygen atoms in total. The Bertz CT molecular complexity index is 726. The number of esters is 1. The average Bonchev–Trinajstić information content (AvgIpc) is 2.96. The lowest BCUT2D eigenvalue weighted by Crippen LogP contribution is -2.12. The van der Waals surface area contributed by atoms with Gasteiger partial charge in [-0.25, -0.2) is 4.79 Å². The van der Waals surface area contributed by atoms with Crippen LogP contribution in [-0.2, 0) is 16.6 Å². The Balaban J connectivity index is 1.80. The zero-order valence-electron chi connectivity index (χ0n) is 14.1. The molecular weight excluding hydrogens is 286 g/mol. The smallest absolute Gasteiger partial charge is 0.337 e. The van der Waals surface area contributed by atoms with Crippen LogP contribution in [-0.4, -0.2) is 13.1 Å². The van der Waals surface area contributed by atoms with E-state index in [9.17, 15) is 4.79 Å². The molecule has 1 N–H and O–H groups in total. The van der Waals surface area contributed by atoms with Crippen molar-refractivity contribution < 1.29 is 9.53 Å². The molecule has 0 saturated heterocycles. The van der Waals surface area contributed by atoms with E-state index in [2.05, 4.69) is 50.4 Å². The van der Waals surface area contributed by atoms with Crippen molar-refractivity contribution >= 4 is 11.7 Å². The topological polar surface area (TPSA) is 38.3 Å². The Morgan fingerprint density at radius 2 is 1.83 bits per heavy atom. The number of anilines is 1. The molecule has 1 unspecified atom stereocenters. The van der Waals surface area contributed by atoms with Gasteiger partial charge >= 0.3 is 5.97 Å². The van der Waals surface area contributed by atoms with Gasteiger partial charge in [0.1, 0.15) is 0 Å². The first-order valence-electron chi connectivity index (χ1n) is 7.97. The lowest BCUT2D eigenvalue weighted by Gasteiger charge is -2.20. The molecule has 0 amide bonds. The summed E-state index contributed by atoms with van der Waals surface area (Å²) in [5.74, 6) is -0.299. The summed E-state index contributed by atoms with van der Waals surface area (Å²) in [5.41, 5.74) is 5.63. The monoisotopic (exact) mass is 309 g/mol. The predicted molar refractivity (Wildman–Crippen MR) is 93.0 cm³/mol. The van der Waals surface area contributed by atoms with Crippen molar-refractivity contribution in [1.82, 2.24) is 0 Å². The second kappa shape index (κ2) is 5.73. The van der Waals surface area contributed by atoms with Crippen molar-refractivity contribution in [3.63, 3.8) is 0 Å². The fourth-order valence-electron chi connectivity index (χ4n) is 3.01. The van der Waals surface area contributed by atoms with Crippen molar-refractivity contribution in [2.45, 2.75) is 38.6 Å². The number of methoxy groups -OCH3 is 1. The van der Waals surface area contributed by atoms with Crippen LogP contribution in [0.15, 0.2) is 42.5 Å². The third-order valence-corrected chi connectivity index (χ3v) is 4.46. The van der Waals surface area contributed by atoms with Crippen molar-refractivity contribution in [2.24, 2.45) is 0 Å². The minimum absolute atomic E-state index is 0.167. The molecule has 0 fully saturated rings. The van der Waals surface area contributed by atoms with E-state index in [0.29, 0.717) is 5.56 Å². The number of hydrogen-bond donors (Lipinski definition) is 1. The molecule has 2 aromatic rings. The van der Waals surface area contributed by atoms with Crippen molar-refractivity contribution in [3.05, 3.63) is 64.7 Å². The van der Waals surface area contributed by atoms with Gasteiger partial charge in [-0.1, -0.05) is 51.1 Å². The lowest BCUT2D eigenvalue weighted by atomic mass is 9.86. The Morgan fingerprint density at radius 3 is 2.43 bits per heavy atom. The molecule has 1 atom stereocenters. The molecule has 0 spiro atoms. The Hall–Kier alpha value is -2.29. The maximum Gasteiger partial charge on any atom is 0.337 e. The van der Waals surface area contributed by atoms with Crippen LogP contribution in [0.4, 0.5) is 5.69 Å². The fraction of sp³-hybridized carbons (Fsp3) is 0.350. The maximum absolute atomic E-state index is 11.6. The van der Waals surface area contributed by atoms with Crippen LogP contribution in [0.3, 0.4) is 0 Å². The molecule has 0 radical (unpaired) electrons. The van der Waals surface area contributed by atoms with Gasteiger partial charge < -0.3 is 10.1 Å². The second-order valence-corrected chi connectivity index (χ2v) is 7.14. The minimum atomic E-state index is -0.299. The van der Waals surface area contributed by atoms with Crippen molar-refractivity contribution in [2.75, 3.05) is 12.4 Å². The first-order valence-corrected chi connectivity index (χ1v) is 7.97. The van der Waals surface area contributed by atoms with Gasteiger partial charge in [0.15, 0.2) is 0 Å². The second-order valence-electron chi connectivity index (χ2n) is 7.14. The van der Waals surface area contributed by atoms with Gasteiger partial charge in [0.25, 0.3) is 0 Å². The quantitative estimate of drug-likeness (QED) is 0.831. The standard InChI is InChI=1S/C20H23NO2/c1-20(2,3)16-9-7-13(8-10-16)17-11-14-5-6-15(19(22)23-4)12-18(14)21-17/h5-10,12,17,21H,11H2,1-4H3. The van der Waals surface area contributed by atoms with Crippen LogP contribution in [0, 0.1) is 0 Å². The molecule has 23 heavy (non-hydrogen) atoms. The number of carbonyl (C=O) groups is 1. The average molecular weight is 309 g/mol. The number of nitrogens with one attached hydrogen (secondary N) is 1. The summed E-state index contributed by atoms with van der Waals surface area (Å²) in [6, 6.07) is 14.8. The van der Waals surface area contributed by atoms with Crippen LogP contribution in [0.5, 0.6) is 0 Å². The van der Waals surface area contributed by atoms with Crippen molar-refractivity contribution in [3.8, 4) is 0 Å². The molecular formula is C20H23NO2. The molecule has 1 heterocycles. The molecule has 1 aliphatic heterocycles. The van der Waals surface area contributed by atoms with Crippen LogP contribution < -0.4 is 5.32 Å². The normalized spacial score (nSPS) is 16.6. The molecule has 0 aliphatic carbocycles. The number of hydrogen-bond acceptors (Lipinski definition) is 3. The molecule has 2 aromatic carbocycles. The van der Waals surface area contributed by atoms with Gasteiger partial charge in [-0.2, -0.15) is 0 Å². The third-order valence-electron chi connectivity index (χ3n) is 4.46. The van der Waals surface area contributed by atoms with Gasteiger partial charge in [0.05, 0.1) is 18.7 Å². The lowest BCUT2D eigenvalue weighted by molar-refractivity contribution is 0.0601. The third kappa shape index (κ3) is 3.09. The molecule has 120 valence electrons. The van der Waals surface area contributed by atoms with E-state index in [4.69, 9.17) is 4.74 Å². The fourth-order valence-corrected chi connectivity index (χ4v) is 3.01. The van der Waals surface area contributed by atoms with E-state index in [-0.39, 0.29) is 17.4 Å². The summed E-state index contributed by atoms with van der Waals surface area (Å²) >= 11 is 0. The van der Waals surface area contributed by atoms with Gasteiger partial charge in [0.2, 0.25) is 0 Å². The SMILES string of the molecule is COC(=O)c1ccc2c(c1)NC(c1ccc(C(C)(C)C)cc1)C2. The zero-order valence-corrected chi connectivity index (χ0v) is 14.1. The molecule has 3 rings (SSSR count). The Morgan fingerprint density at radius 1 is 1.13 bits per heavy atom. The molecule has 0 saturated carbocycles. The predicted octanol–water partition coefficient (Wildman–Crippen LogP) is 4.48. The first kappa shape index (κ1) is 15.6. The van der Waals surface area contributed by atoms with Gasteiger partial charge in [-0.3, -0.25) is 0 Å². The van der Waals surface area contributed by atoms with E-state index in [1.165, 1.54) is 23.8 Å². The van der Waals surface area contributed by atoms with Crippen molar-refractivity contribution in [1.29, 1.82) is 0 Å². The number of benzene rings is 2. The Kier molecular flexibility index (Phi) is 3.88. The van der Waals surface area contributed by atoms with Gasteiger partial charge in [0, 0.05) is 5.69 Å². The summed E-state index contributed by atoms with van der Waals surface area (Å²) in [6.45, 7) is 6.67. The number of rotatable bonds is 2. The Labute approximate surface area is 137 Å². The molecule has 0 aromatic heterocycles. The number of fused-ring (bicyclic) bond motifs is 1. The van der Waals surface area contributed by atoms with E-state index in [1.807, 2.05) is 18.2 Å². The van der Waals surface area contributed by atoms with Crippen LogP contribution in [0.2, 0.25) is 0 Å². The highest BCUT2D eigenvalue weighted by molar-refractivity contribution is 5.91. The van der Waals surface area contributed by atoms with Gasteiger partial charge in [-0.05, 0) is 40.7 Å². The summed E-state index contributed by atoms with van der Waals surface area (Å²) in [4.78, 5) is 11.6. The van der Waals surface area contributed by atoms with E-state index in [1.54, 1.807) is 0 Å². The number of ether oxygens (including phenoxy) is 1. The number of carbonyl (C=O) groups excluding carboxylic acids is 1. The highest BCUT2D eigenvalue weighted by Gasteiger charge is 2.23. The van der Waals surface area contributed by atoms with E-state index in [0.717, 1.165) is 12.1 Å². The highest BCUT2D eigenvalue weighted by atomic mass is 16.5. The maximum atomic E-state index is 11.6. The summed E-state index contributed by atoms with van der Waals surface area (Å²) in [7, 11) is 1.41. The molecule has 0 bridgehead atoms. The summed E-state index contributed by atoms with van der Waals surface area (Å²) in [6.07, 6.45) is 0.936. The molecule has 1 aliphatic rings. The van der Waals surface area contributed by atoms with Crippen LogP contribution in [0.1, 0.15) is 53.9 Å².